The topological polar surface area (TPSA) is 26.3 Å². The summed E-state index contributed by atoms with van der Waals surface area (Å²) in [6.45, 7) is 8.76. The molecule has 1 aromatic carbocycles. The molecule has 0 saturated carbocycles. The van der Waals surface area contributed by atoms with Gasteiger partial charge in [0, 0.05) is 0 Å². The van der Waals surface area contributed by atoms with Crippen LogP contribution in [0.2, 0.25) is 15.8 Å². The van der Waals surface area contributed by atoms with E-state index in [9.17, 15) is 4.79 Å². The van der Waals surface area contributed by atoms with Crippen LogP contribution in [0.15, 0.2) is 35.9 Å². The summed E-state index contributed by atoms with van der Waals surface area (Å²) in [7, 11) is 1.47. The van der Waals surface area contributed by atoms with Crippen molar-refractivity contribution in [1.29, 1.82) is 0 Å². The van der Waals surface area contributed by atoms with Crippen molar-refractivity contribution < 1.29 is 9.53 Å². The Morgan fingerprint density at radius 1 is 1.05 bits per heavy atom. The number of hydrogen-bond acceptors (Lipinski definition) is 2. The number of hydrogen-bond donors (Lipinski definition) is 0. The van der Waals surface area contributed by atoms with Gasteiger partial charge in [0.1, 0.15) is 0 Å². The van der Waals surface area contributed by atoms with E-state index in [2.05, 4.69) is 32.9 Å². The van der Waals surface area contributed by atoms with Gasteiger partial charge in [0.15, 0.2) is 0 Å². The van der Waals surface area contributed by atoms with Crippen LogP contribution < -0.4 is 0 Å². The van der Waals surface area contributed by atoms with E-state index < -0.39 is 13.3 Å². The molecule has 0 saturated heterocycles. The normalized spacial score (nSPS) is 12.8. The summed E-state index contributed by atoms with van der Waals surface area (Å²) in [5, 5.41) is 3.60. The second kappa shape index (κ2) is 7.68. The van der Waals surface area contributed by atoms with Gasteiger partial charge < -0.3 is 0 Å². The van der Waals surface area contributed by atoms with Crippen molar-refractivity contribution in [3.05, 3.63) is 41.5 Å². The molecule has 0 aliphatic carbocycles. The van der Waals surface area contributed by atoms with E-state index in [1.807, 2.05) is 25.1 Å². The molecular formula is C17H26GeO2. The van der Waals surface area contributed by atoms with E-state index in [4.69, 9.17) is 4.74 Å². The Morgan fingerprint density at radius 2 is 1.55 bits per heavy atom. The van der Waals surface area contributed by atoms with Gasteiger partial charge in [0.2, 0.25) is 0 Å². The molecule has 1 aromatic rings. The van der Waals surface area contributed by atoms with E-state index in [-0.39, 0.29) is 5.97 Å². The number of ether oxygens (including phenoxy) is 1. The zero-order chi connectivity index (χ0) is 15.2. The maximum absolute atomic E-state index is 12.1. The van der Waals surface area contributed by atoms with Crippen LogP contribution in [0, 0.1) is 0 Å². The maximum atomic E-state index is 12.1. The van der Waals surface area contributed by atoms with E-state index in [1.165, 1.54) is 32.8 Å². The van der Waals surface area contributed by atoms with Gasteiger partial charge >= 0.3 is 125 Å². The fraction of sp³-hybridized carbons (Fsp3) is 0.471. The summed E-state index contributed by atoms with van der Waals surface area (Å²) >= 11 is -2.24. The molecule has 1 rings (SSSR count). The third-order valence-corrected chi connectivity index (χ3v) is 16.6. The molecule has 110 valence electrons. The van der Waals surface area contributed by atoms with Crippen molar-refractivity contribution in [2.75, 3.05) is 7.11 Å². The molecule has 0 bridgehead atoms. The molecule has 0 atom stereocenters. The SMILES string of the molecule is C[CH2][Ge]([CH2]C)([CH2]C)/[C](=C(/C)C(=O)OC)c1ccccc1. The summed E-state index contributed by atoms with van der Waals surface area (Å²) in [5.41, 5.74) is 2.02. The van der Waals surface area contributed by atoms with Gasteiger partial charge in [-0.3, -0.25) is 0 Å². The van der Waals surface area contributed by atoms with Gasteiger partial charge in [-0.15, -0.1) is 0 Å². The molecule has 3 heteroatoms. The Hall–Kier alpha value is -1.03. The van der Waals surface area contributed by atoms with Crippen LogP contribution in [0.4, 0.5) is 0 Å². The Labute approximate surface area is 125 Å². The van der Waals surface area contributed by atoms with Crippen LogP contribution in [-0.4, -0.2) is 26.3 Å². The van der Waals surface area contributed by atoms with Crippen LogP contribution in [-0.2, 0) is 9.53 Å². The second-order valence-electron chi connectivity index (χ2n) is 5.20. The van der Waals surface area contributed by atoms with Crippen molar-refractivity contribution in [2.45, 2.75) is 43.5 Å². The first-order chi connectivity index (χ1) is 9.56. The van der Waals surface area contributed by atoms with Crippen LogP contribution >= 0.6 is 0 Å². The predicted molar refractivity (Wildman–Crippen MR) is 88.2 cm³/mol. The van der Waals surface area contributed by atoms with Crippen molar-refractivity contribution in [2.24, 2.45) is 0 Å². The summed E-state index contributed by atoms with van der Waals surface area (Å²) in [4.78, 5) is 12.1. The van der Waals surface area contributed by atoms with Crippen LogP contribution in [0.25, 0.3) is 4.41 Å². The molecule has 0 radical (unpaired) electrons. The Balaban J connectivity index is 3.55. The molecule has 0 N–H and O–H groups in total. The molecule has 0 unspecified atom stereocenters. The zero-order valence-electron chi connectivity index (χ0n) is 13.3. The van der Waals surface area contributed by atoms with Gasteiger partial charge in [-0.2, -0.15) is 0 Å². The minimum absolute atomic E-state index is 0.186. The molecule has 2 nitrogen and oxygen atoms in total. The quantitative estimate of drug-likeness (QED) is 0.429. The molecule has 0 aliphatic heterocycles. The predicted octanol–water partition coefficient (Wildman–Crippen LogP) is 4.68. The van der Waals surface area contributed by atoms with Gasteiger partial charge in [0.25, 0.3) is 0 Å². The minimum atomic E-state index is -2.24. The van der Waals surface area contributed by atoms with Crippen molar-refractivity contribution >= 4 is 23.6 Å². The van der Waals surface area contributed by atoms with Crippen LogP contribution in [0.5, 0.6) is 0 Å². The average molecular weight is 335 g/mol. The molecule has 0 heterocycles. The van der Waals surface area contributed by atoms with Crippen LogP contribution in [0.1, 0.15) is 33.3 Å². The van der Waals surface area contributed by atoms with Crippen molar-refractivity contribution in [1.82, 2.24) is 0 Å². The Bertz CT molecular complexity index is 465. The third kappa shape index (κ3) is 3.35. The molecule has 0 amide bonds. The Morgan fingerprint density at radius 3 is 1.95 bits per heavy atom. The first-order valence-corrected chi connectivity index (χ1v) is 12.9. The number of esters is 1. The molecule has 0 aromatic heterocycles. The standard InChI is InChI=1S/C17H26GeO2/c1-6-18(7-2,8-3)16(14(4)17(19)20-5)15-12-10-9-11-13-15/h9-13H,6-8H2,1-5H3/b16-14-. The molecule has 0 fully saturated rings. The molecule has 20 heavy (non-hydrogen) atoms. The number of carbonyl (C=O) groups is 1. The second-order valence-corrected chi connectivity index (χ2v) is 16.1. The number of rotatable bonds is 6. The van der Waals surface area contributed by atoms with Gasteiger partial charge in [-0.25, -0.2) is 0 Å². The van der Waals surface area contributed by atoms with E-state index in [0.717, 1.165) is 5.57 Å². The average Bonchev–Trinajstić information content (AvgIpc) is 2.52. The van der Waals surface area contributed by atoms with Crippen LogP contribution in [0.3, 0.4) is 0 Å². The fourth-order valence-corrected chi connectivity index (χ4v) is 12.0. The number of carbonyl (C=O) groups excluding carboxylic acids is 1. The summed E-state index contributed by atoms with van der Waals surface area (Å²) in [6.07, 6.45) is 0. The molecular weight excluding hydrogens is 309 g/mol. The fourth-order valence-electron chi connectivity index (χ4n) is 3.06. The third-order valence-electron chi connectivity index (χ3n) is 4.49. The van der Waals surface area contributed by atoms with E-state index in [0.29, 0.717) is 0 Å². The first-order valence-electron chi connectivity index (χ1n) is 7.41. The van der Waals surface area contributed by atoms with E-state index in [1.54, 1.807) is 0 Å². The summed E-state index contributed by atoms with van der Waals surface area (Å²) < 4.78 is 6.30. The summed E-state index contributed by atoms with van der Waals surface area (Å²) in [5.74, 6) is -0.186. The van der Waals surface area contributed by atoms with Gasteiger partial charge in [0.05, 0.1) is 0 Å². The first kappa shape index (κ1) is 17.0. The number of benzene rings is 1. The summed E-state index contributed by atoms with van der Waals surface area (Å²) in [6, 6.07) is 10.4. The molecule has 0 spiro atoms. The number of methoxy groups -OCH3 is 1. The van der Waals surface area contributed by atoms with Gasteiger partial charge in [-0.05, 0) is 0 Å². The monoisotopic (exact) mass is 336 g/mol. The van der Waals surface area contributed by atoms with Crippen molar-refractivity contribution in [3.8, 4) is 0 Å². The van der Waals surface area contributed by atoms with Gasteiger partial charge in [-0.1, -0.05) is 0 Å². The Kier molecular flexibility index (Phi) is 6.53. The van der Waals surface area contributed by atoms with E-state index >= 15 is 0 Å². The zero-order valence-corrected chi connectivity index (χ0v) is 15.4. The van der Waals surface area contributed by atoms with Crippen molar-refractivity contribution in [3.63, 3.8) is 0 Å². The molecule has 0 aliphatic rings.